The summed E-state index contributed by atoms with van der Waals surface area (Å²) in [6.45, 7) is 6.55. The van der Waals surface area contributed by atoms with Gasteiger partial charge in [0, 0.05) is 10.9 Å². The highest BCUT2D eigenvalue weighted by Gasteiger charge is 2.07. The molecule has 0 saturated heterocycles. The second-order valence-electron chi connectivity index (χ2n) is 8.49. The first-order chi connectivity index (χ1) is 14.6. The van der Waals surface area contributed by atoms with E-state index in [4.69, 9.17) is 4.98 Å². The molecule has 30 heavy (non-hydrogen) atoms. The van der Waals surface area contributed by atoms with Crippen LogP contribution in [0, 0.1) is 13.8 Å². The van der Waals surface area contributed by atoms with Gasteiger partial charge in [0.25, 0.3) is 0 Å². The standard InChI is InChI=1S/C29H31N/c1-4-5-6-7-8-23-10-13-24(14-11-23)26-17-22(3)18-27(20-26)28-16-15-25-12-9-21(2)19-29(25)30-28/h9-20H,4-8H2,1-3H3. The molecule has 0 aliphatic rings. The van der Waals surface area contributed by atoms with Crippen molar-refractivity contribution in [1.29, 1.82) is 0 Å². The van der Waals surface area contributed by atoms with Crippen LogP contribution in [0.1, 0.15) is 49.3 Å². The summed E-state index contributed by atoms with van der Waals surface area (Å²) in [5, 5.41) is 1.19. The lowest BCUT2D eigenvalue weighted by molar-refractivity contribution is 0.667. The van der Waals surface area contributed by atoms with E-state index in [1.54, 1.807) is 0 Å². The molecular weight excluding hydrogens is 362 g/mol. The second-order valence-corrected chi connectivity index (χ2v) is 8.49. The fourth-order valence-electron chi connectivity index (χ4n) is 4.11. The molecule has 3 aromatic carbocycles. The second kappa shape index (κ2) is 9.26. The van der Waals surface area contributed by atoms with E-state index in [2.05, 4.69) is 93.6 Å². The number of nitrogens with zero attached hydrogens (tertiary/aromatic N) is 1. The van der Waals surface area contributed by atoms with Gasteiger partial charge in [-0.2, -0.15) is 0 Å². The number of unbranched alkanes of at least 4 members (excludes halogenated alkanes) is 3. The summed E-state index contributed by atoms with van der Waals surface area (Å²) in [6.07, 6.45) is 6.43. The Bertz CT molecular complexity index is 1140. The summed E-state index contributed by atoms with van der Waals surface area (Å²) in [6, 6.07) is 26.6. The summed E-state index contributed by atoms with van der Waals surface area (Å²) < 4.78 is 0. The highest BCUT2D eigenvalue weighted by atomic mass is 14.7. The van der Waals surface area contributed by atoms with Gasteiger partial charge in [-0.05, 0) is 78.8 Å². The first-order valence-electron chi connectivity index (χ1n) is 11.2. The smallest absolute Gasteiger partial charge is 0.0712 e. The summed E-state index contributed by atoms with van der Waals surface area (Å²) in [4.78, 5) is 4.95. The van der Waals surface area contributed by atoms with Gasteiger partial charge < -0.3 is 0 Å². The first-order valence-corrected chi connectivity index (χ1v) is 11.2. The van der Waals surface area contributed by atoms with Crippen LogP contribution in [0.25, 0.3) is 33.3 Å². The number of fused-ring (bicyclic) bond motifs is 1. The van der Waals surface area contributed by atoms with Crippen LogP contribution in [0.3, 0.4) is 0 Å². The van der Waals surface area contributed by atoms with E-state index in [1.165, 1.54) is 70.9 Å². The predicted molar refractivity (Wildman–Crippen MR) is 130 cm³/mol. The third kappa shape index (κ3) is 4.79. The lowest BCUT2D eigenvalue weighted by atomic mass is 9.97. The van der Waals surface area contributed by atoms with Crippen molar-refractivity contribution in [2.75, 3.05) is 0 Å². The van der Waals surface area contributed by atoms with Crippen LogP contribution in [0.4, 0.5) is 0 Å². The Labute approximate surface area is 180 Å². The Kier molecular flexibility index (Phi) is 6.28. The summed E-state index contributed by atoms with van der Waals surface area (Å²) in [7, 11) is 0. The molecule has 1 nitrogen and oxygen atoms in total. The van der Waals surface area contributed by atoms with E-state index in [0.29, 0.717) is 0 Å². The van der Waals surface area contributed by atoms with Gasteiger partial charge in [0.2, 0.25) is 0 Å². The van der Waals surface area contributed by atoms with Crippen molar-refractivity contribution < 1.29 is 0 Å². The number of aryl methyl sites for hydroxylation is 3. The van der Waals surface area contributed by atoms with Crippen LogP contribution in [0.15, 0.2) is 72.8 Å². The minimum atomic E-state index is 1.03. The largest absolute Gasteiger partial charge is 0.248 e. The molecule has 0 amide bonds. The normalized spacial score (nSPS) is 11.2. The zero-order valence-corrected chi connectivity index (χ0v) is 18.4. The summed E-state index contributed by atoms with van der Waals surface area (Å²) in [5.74, 6) is 0. The maximum atomic E-state index is 4.95. The van der Waals surface area contributed by atoms with Crippen molar-refractivity contribution in [2.24, 2.45) is 0 Å². The van der Waals surface area contributed by atoms with Crippen LogP contribution >= 0.6 is 0 Å². The minimum Gasteiger partial charge on any atom is -0.248 e. The fraction of sp³-hybridized carbons (Fsp3) is 0.276. The molecule has 0 atom stereocenters. The lowest BCUT2D eigenvalue weighted by Gasteiger charge is -2.10. The van der Waals surface area contributed by atoms with Gasteiger partial charge in [-0.25, -0.2) is 4.98 Å². The molecule has 0 saturated carbocycles. The van der Waals surface area contributed by atoms with Gasteiger partial charge in [-0.1, -0.05) is 74.7 Å². The number of hydrogen-bond acceptors (Lipinski definition) is 1. The Hall–Kier alpha value is -2.93. The van der Waals surface area contributed by atoms with Crippen LogP contribution in [-0.4, -0.2) is 4.98 Å². The van der Waals surface area contributed by atoms with Crippen molar-refractivity contribution in [2.45, 2.75) is 52.9 Å². The number of hydrogen-bond donors (Lipinski definition) is 0. The molecule has 0 N–H and O–H groups in total. The zero-order chi connectivity index (χ0) is 20.9. The van der Waals surface area contributed by atoms with Crippen LogP contribution in [-0.2, 0) is 6.42 Å². The topological polar surface area (TPSA) is 12.9 Å². The summed E-state index contributed by atoms with van der Waals surface area (Å²) >= 11 is 0. The fourth-order valence-corrected chi connectivity index (χ4v) is 4.11. The maximum Gasteiger partial charge on any atom is 0.0712 e. The van der Waals surface area contributed by atoms with Crippen molar-refractivity contribution in [3.05, 3.63) is 89.5 Å². The monoisotopic (exact) mass is 393 g/mol. The van der Waals surface area contributed by atoms with E-state index >= 15 is 0 Å². The van der Waals surface area contributed by atoms with E-state index in [0.717, 1.165) is 11.2 Å². The molecule has 0 bridgehead atoms. The van der Waals surface area contributed by atoms with Gasteiger partial charge in [0.05, 0.1) is 11.2 Å². The molecule has 1 aromatic heterocycles. The van der Waals surface area contributed by atoms with Crippen LogP contribution < -0.4 is 0 Å². The van der Waals surface area contributed by atoms with Gasteiger partial charge in [-0.15, -0.1) is 0 Å². The SMILES string of the molecule is CCCCCCc1ccc(-c2cc(C)cc(-c3ccc4ccc(C)cc4n3)c2)cc1. The number of rotatable bonds is 7. The number of benzene rings is 3. The average molecular weight is 394 g/mol. The first kappa shape index (κ1) is 20.3. The van der Waals surface area contributed by atoms with Crippen molar-refractivity contribution >= 4 is 10.9 Å². The number of aromatic nitrogens is 1. The predicted octanol–water partition coefficient (Wildman–Crippen LogP) is 8.31. The average Bonchev–Trinajstić information content (AvgIpc) is 2.76. The van der Waals surface area contributed by atoms with E-state index < -0.39 is 0 Å². The highest BCUT2D eigenvalue weighted by Crippen LogP contribution is 2.29. The molecule has 0 aliphatic heterocycles. The molecule has 0 aliphatic carbocycles. The third-order valence-corrected chi connectivity index (χ3v) is 5.83. The van der Waals surface area contributed by atoms with E-state index in [-0.39, 0.29) is 0 Å². The Morgan fingerprint density at radius 2 is 1.40 bits per heavy atom. The molecule has 0 radical (unpaired) electrons. The Balaban J connectivity index is 1.60. The van der Waals surface area contributed by atoms with Crippen molar-refractivity contribution in [3.8, 4) is 22.4 Å². The molecule has 1 heteroatoms. The summed E-state index contributed by atoms with van der Waals surface area (Å²) in [5.41, 5.74) is 9.74. The molecular formula is C29H31N. The van der Waals surface area contributed by atoms with Gasteiger partial charge >= 0.3 is 0 Å². The molecule has 0 spiro atoms. The zero-order valence-electron chi connectivity index (χ0n) is 18.4. The quantitative estimate of drug-likeness (QED) is 0.288. The van der Waals surface area contributed by atoms with E-state index in [9.17, 15) is 0 Å². The maximum absolute atomic E-state index is 4.95. The molecule has 0 unspecified atom stereocenters. The number of pyridine rings is 1. The van der Waals surface area contributed by atoms with Gasteiger partial charge in [0.15, 0.2) is 0 Å². The lowest BCUT2D eigenvalue weighted by Crippen LogP contribution is -1.90. The molecule has 4 rings (SSSR count). The third-order valence-electron chi connectivity index (χ3n) is 5.83. The van der Waals surface area contributed by atoms with Crippen molar-refractivity contribution in [3.63, 3.8) is 0 Å². The van der Waals surface area contributed by atoms with Crippen LogP contribution in [0.5, 0.6) is 0 Å². The Morgan fingerprint density at radius 1 is 0.633 bits per heavy atom. The Morgan fingerprint density at radius 3 is 2.20 bits per heavy atom. The molecule has 4 aromatic rings. The van der Waals surface area contributed by atoms with E-state index in [1.807, 2.05) is 0 Å². The molecule has 152 valence electrons. The van der Waals surface area contributed by atoms with Crippen LogP contribution in [0.2, 0.25) is 0 Å². The molecule has 0 fully saturated rings. The minimum absolute atomic E-state index is 1.03. The van der Waals surface area contributed by atoms with Gasteiger partial charge in [0.1, 0.15) is 0 Å². The van der Waals surface area contributed by atoms with Crippen molar-refractivity contribution in [1.82, 2.24) is 4.98 Å². The molecule has 1 heterocycles. The van der Waals surface area contributed by atoms with Gasteiger partial charge in [-0.3, -0.25) is 0 Å². The highest BCUT2D eigenvalue weighted by molar-refractivity contribution is 5.83.